The molecule has 0 spiro atoms. The largest absolute Gasteiger partial charge is 0.506 e. The number of phenols is 1. The first kappa shape index (κ1) is 19.9. The van der Waals surface area contributed by atoms with Crippen molar-refractivity contribution < 1.29 is 9.90 Å². The van der Waals surface area contributed by atoms with Gasteiger partial charge in [-0.1, -0.05) is 35.6 Å². The molecule has 2 aromatic rings. The molecular formula is C16H7BrClI2NO2S2. The van der Waals surface area contributed by atoms with Crippen molar-refractivity contribution in [1.29, 1.82) is 0 Å². The van der Waals surface area contributed by atoms with E-state index in [1.54, 1.807) is 24.3 Å². The lowest BCUT2D eigenvalue weighted by molar-refractivity contribution is -0.113. The van der Waals surface area contributed by atoms with Crippen LogP contribution in [0.5, 0.6) is 5.75 Å². The van der Waals surface area contributed by atoms with E-state index in [1.807, 2.05) is 12.1 Å². The topological polar surface area (TPSA) is 40.5 Å². The van der Waals surface area contributed by atoms with Gasteiger partial charge < -0.3 is 5.11 Å². The van der Waals surface area contributed by atoms with Gasteiger partial charge in [-0.3, -0.25) is 9.69 Å². The van der Waals surface area contributed by atoms with E-state index in [1.165, 1.54) is 16.7 Å². The number of aromatic hydroxyl groups is 1. The lowest BCUT2D eigenvalue weighted by Gasteiger charge is -2.15. The maximum atomic E-state index is 12.8. The SMILES string of the molecule is O=C1/C(=C\c2cc(I)c(O)c(I)c2)SC(=S)N1c1ccc(Br)c(Cl)c1. The molecule has 1 heterocycles. The van der Waals surface area contributed by atoms with Gasteiger partial charge in [0, 0.05) is 4.47 Å². The standard InChI is InChI=1S/C16H7BrClI2NO2S2/c17-9-2-1-8(6-10(9)18)21-15(23)13(25-16(21)24)5-7-3-11(19)14(22)12(20)4-7/h1-6,22H/b13-5+. The lowest BCUT2D eigenvalue weighted by atomic mass is 10.2. The van der Waals surface area contributed by atoms with E-state index in [0.717, 1.165) is 17.2 Å². The van der Waals surface area contributed by atoms with Crippen molar-refractivity contribution in [3.8, 4) is 5.75 Å². The molecule has 3 nitrogen and oxygen atoms in total. The Labute approximate surface area is 194 Å². The molecule has 1 amide bonds. The number of hydrogen-bond donors (Lipinski definition) is 1. The minimum Gasteiger partial charge on any atom is -0.506 e. The third kappa shape index (κ3) is 4.18. The molecule has 1 fully saturated rings. The van der Waals surface area contributed by atoms with Crippen molar-refractivity contribution in [2.45, 2.75) is 0 Å². The van der Waals surface area contributed by atoms with Gasteiger partial charge in [0.05, 0.1) is 22.8 Å². The van der Waals surface area contributed by atoms with Crippen LogP contribution in [-0.2, 0) is 4.79 Å². The second-order valence-corrected chi connectivity index (χ2v) is 10.2. The molecule has 0 bridgehead atoms. The number of amides is 1. The highest BCUT2D eigenvalue weighted by Gasteiger charge is 2.33. The number of halogens is 4. The average molecular weight is 679 g/mol. The molecule has 0 saturated carbocycles. The number of carbonyl (C=O) groups excluding carboxylic acids is 1. The summed E-state index contributed by atoms with van der Waals surface area (Å²) >= 11 is 20.2. The van der Waals surface area contributed by atoms with Gasteiger partial charge in [0.15, 0.2) is 4.32 Å². The monoisotopic (exact) mass is 677 g/mol. The van der Waals surface area contributed by atoms with E-state index >= 15 is 0 Å². The normalized spacial score (nSPS) is 16.2. The van der Waals surface area contributed by atoms with Gasteiger partial charge in [0.1, 0.15) is 5.75 Å². The van der Waals surface area contributed by atoms with E-state index < -0.39 is 0 Å². The van der Waals surface area contributed by atoms with Gasteiger partial charge in [-0.25, -0.2) is 0 Å². The zero-order valence-electron chi connectivity index (χ0n) is 12.1. The number of hydrogen-bond acceptors (Lipinski definition) is 4. The third-order valence-electron chi connectivity index (χ3n) is 3.29. The summed E-state index contributed by atoms with van der Waals surface area (Å²) in [6, 6.07) is 8.91. The molecule has 1 aliphatic heterocycles. The number of nitrogens with zero attached hydrogens (tertiary/aromatic N) is 1. The summed E-state index contributed by atoms with van der Waals surface area (Å²) in [6.07, 6.45) is 1.78. The molecule has 0 atom stereocenters. The Hall–Kier alpha value is 0.120. The van der Waals surface area contributed by atoms with Gasteiger partial charge in [-0.15, -0.1) is 0 Å². The van der Waals surface area contributed by atoms with Crippen LogP contribution >= 0.6 is 96.7 Å². The van der Waals surface area contributed by atoms with E-state index in [2.05, 4.69) is 61.1 Å². The number of phenolic OH excluding ortho intramolecular Hbond substituents is 1. The Morgan fingerprint density at radius 2 is 1.88 bits per heavy atom. The van der Waals surface area contributed by atoms with Crippen LogP contribution in [-0.4, -0.2) is 15.3 Å². The average Bonchev–Trinajstić information content (AvgIpc) is 2.82. The molecule has 9 heteroatoms. The zero-order chi connectivity index (χ0) is 18.3. The predicted molar refractivity (Wildman–Crippen MR) is 128 cm³/mol. The Morgan fingerprint density at radius 3 is 2.48 bits per heavy atom. The van der Waals surface area contributed by atoms with Crippen LogP contribution in [0.15, 0.2) is 39.7 Å². The van der Waals surface area contributed by atoms with Gasteiger partial charge in [0.25, 0.3) is 5.91 Å². The van der Waals surface area contributed by atoms with Gasteiger partial charge in [-0.05, 0) is 103 Å². The fraction of sp³-hybridized carbons (Fsp3) is 0. The quantitative estimate of drug-likeness (QED) is 0.226. The number of benzene rings is 2. The van der Waals surface area contributed by atoms with Crippen LogP contribution in [0.25, 0.3) is 6.08 Å². The van der Waals surface area contributed by atoms with Crippen LogP contribution in [0.4, 0.5) is 5.69 Å². The second kappa shape index (κ2) is 8.01. The molecule has 3 rings (SSSR count). The van der Waals surface area contributed by atoms with Crippen LogP contribution in [0.2, 0.25) is 5.02 Å². The summed E-state index contributed by atoms with van der Waals surface area (Å²) in [5.41, 5.74) is 1.47. The summed E-state index contributed by atoms with van der Waals surface area (Å²) in [5.74, 6) is 0.0573. The summed E-state index contributed by atoms with van der Waals surface area (Å²) in [4.78, 5) is 14.8. The summed E-state index contributed by atoms with van der Waals surface area (Å²) in [6.45, 7) is 0. The van der Waals surface area contributed by atoms with Crippen molar-refractivity contribution >= 4 is 119 Å². The van der Waals surface area contributed by atoms with Gasteiger partial charge >= 0.3 is 0 Å². The maximum Gasteiger partial charge on any atom is 0.270 e. The van der Waals surface area contributed by atoms with E-state index in [-0.39, 0.29) is 11.7 Å². The molecule has 1 N–H and O–H groups in total. The molecular weight excluding hydrogens is 671 g/mol. The van der Waals surface area contributed by atoms with E-state index in [0.29, 0.717) is 19.9 Å². The highest BCUT2D eigenvalue weighted by atomic mass is 127. The molecule has 1 saturated heterocycles. The number of thiocarbonyl (C=S) groups is 1. The third-order valence-corrected chi connectivity index (χ3v) is 7.47. The highest BCUT2D eigenvalue weighted by Crippen LogP contribution is 2.38. The predicted octanol–water partition coefficient (Wildman–Crippen LogP) is 6.42. The van der Waals surface area contributed by atoms with E-state index in [9.17, 15) is 9.90 Å². The summed E-state index contributed by atoms with van der Waals surface area (Å²) < 4.78 is 2.67. The molecule has 0 aliphatic carbocycles. The number of carbonyl (C=O) groups is 1. The molecule has 0 radical (unpaired) electrons. The van der Waals surface area contributed by atoms with Crippen molar-refractivity contribution in [1.82, 2.24) is 0 Å². The fourth-order valence-corrected chi connectivity index (χ4v) is 5.67. The number of anilines is 1. The zero-order valence-corrected chi connectivity index (χ0v) is 20.4. The van der Waals surface area contributed by atoms with Crippen LogP contribution < -0.4 is 4.90 Å². The van der Waals surface area contributed by atoms with E-state index in [4.69, 9.17) is 23.8 Å². The molecule has 128 valence electrons. The lowest BCUT2D eigenvalue weighted by Crippen LogP contribution is -2.27. The maximum absolute atomic E-state index is 12.8. The van der Waals surface area contributed by atoms with Gasteiger partial charge in [-0.2, -0.15) is 0 Å². The van der Waals surface area contributed by atoms with Gasteiger partial charge in [0.2, 0.25) is 0 Å². The fourth-order valence-electron chi connectivity index (χ4n) is 2.13. The van der Waals surface area contributed by atoms with Crippen molar-refractivity contribution in [3.05, 3.63) is 57.4 Å². The molecule has 0 unspecified atom stereocenters. The molecule has 2 aromatic carbocycles. The molecule has 25 heavy (non-hydrogen) atoms. The molecule has 0 aromatic heterocycles. The van der Waals surface area contributed by atoms with Crippen molar-refractivity contribution in [2.24, 2.45) is 0 Å². The van der Waals surface area contributed by atoms with Crippen LogP contribution in [0, 0.1) is 7.14 Å². The Kier molecular flexibility index (Phi) is 6.37. The van der Waals surface area contributed by atoms with Crippen LogP contribution in [0.1, 0.15) is 5.56 Å². The van der Waals surface area contributed by atoms with Crippen LogP contribution in [0.3, 0.4) is 0 Å². The smallest absolute Gasteiger partial charge is 0.270 e. The summed E-state index contributed by atoms with van der Waals surface area (Å²) in [7, 11) is 0. The Morgan fingerprint density at radius 1 is 1.24 bits per heavy atom. The first-order valence-electron chi connectivity index (χ1n) is 6.69. The highest BCUT2D eigenvalue weighted by molar-refractivity contribution is 14.1. The second-order valence-electron chi connectivity index (χ2n) is 4.95. The molecule has 1 aliphatic rings. The minimum atomic E-state index is -0.188. The van der Waals surface area contributed by atoms with Crippen molar-refractivity contribution in [2.75, 3.05) is 4.90 Å². The number of thioether (sulfide) groups is 1. The number of rotatable bonds is 2. The Balaban J connectivity index is 1.97. The first-order valence-corrected chi connectivity index (χ1v) is 11.2. The summed E-state index contributed by atoms with van der Waals surface area (Å²) in [5, 5.41) is 10.4. The minimum absolute atomic E-state index is 0.188. The van der Waals surface area contributed by atoms with Crippen molar-refractivity contribution in [3.63, 3.8) is 0 Å². The first-order chi connectivity index (χ1) is 11.8. The Bertz CT molecular complexity index is 929.